The van der Waals surface area contributed by atoms with Crippen molar-refractivity contribution in [1.29, 1.82) is 0 Å². The molecule has 0 aromatic carbocycles. The van der Waals surface area contributed by atoms with Crippen LogP contribution in [-0.2, 0) is 10.9 Å². The third-order valence-electron chi connectivity index (χ3n) is 2.94. The van der Waals surface area contributed by atoms with Crippen molar-refractivity contribution in [2.24, 2.45) is 0 Å². The fraction of sp³-hybridized carbons (Fsp3) is 0.583. The molecule has 0 amide bonds. The average Bonchev–Trinajstić information content (AvgIpc) is 2.36. The van der Waals surface area contributed by atoms with Crippen molar-refractivity contribution in [3.05, 3.63) is 23.9 Å². The first-order valence-electron chi connectivity index (χ1n) is 6.02. The topological polar surface area (TPSA) is 37.4 Å². The van der Waals surface area contributed by atoms with Crippen molar-refractivity contribution in [3.63, 3.8) is 0 Å². The molecule has 1 atom stereocenters. The Balaban J connectivity index is 1.92. The summed E-state index contributed by atoms with van der Waals surface area (Å²) in [5.74, 6) is 0.214. The van der Waals surface area contributed by atoms with Crippen LogP contribution in [-0.4, -0.2) is 49.3 Å². The van der Waals surface area contributed by atoms with Gasteiger partial charge in [-0.3, -0.25) is 0 Å². The highest BCUT2D eigenvalue weighted by atomic mass is 19.4. The molecule has 0 saturated carbocycles. The third-order valence-corrected chi connectivity index (χ3v) is 2.94. The van der Waals surface area contributed by atoms with Crippen molar-refractivity contribution in [2.75, 3.05) is 38.6 Å². The SMILES string of the molecule is CN1CCOC(CNc2cc(C(F)(F)F)ccn2)C1. The first-order valence-corrected chi connectivity index (χ1v) is 6.02. The van der Waals surface area contributed by atoms with Crippen molar-refractivity contribution in [3.8, 4) is 0 Å². The fourth-order valence-corrected chi connectivity index (χ4v) is 1.91. The van der Waals surface area contributed by atoms with E-state index in [9.17, 15) is 13.2 Å². The number of rotatable bonds is 3. The zero-order chi connectivity index (χ0) is 13.9. The van der Waals surface area contributed by atoms with Gasteiger partial charge in [0, 0.05) is 25.8 Å². The van der Waals surface area contributed by atoms with E-state index in [4.69, 9.17) is 4.74 Å². The standard InChI is InChI=1S/C12H16F3N3O/c1-18-4-5-19-10(8-18)7-17-11-6-9(2-3-16-11)12(13,14)15/h2-3,6,10H,4-5,7-8H2,1H3,(H,16,17). The molecule has 19 heavy (non-hydrogen) atoms. The number of likely N-dealkylation sites (N-methyl/N-ethyl adjacent to an activating group) is 1. The van der Waals surface area contributed by atoms with Gasteiger partial charge in [0.05, 0.1) is 18.3 Å². The molecule has 1 saturated heterocycles. The smallest absolute Gasteiger partial charge is 0.374 e. The molecule has 1 unspecified atom stereocenters. The van der Waals surface area contributed by atoms with Crippen molar-refractivity contribution in [2.45, 2.75) is 12.3 Å². The van der Waals surface area contributed by atoms with Crippen molar-refractivity contribution in [1.82, 2.24) is 9.88 Å². The molecular formula is C12H16F3N3O. The Morgan fingerprint density at radius 1 is 1.53 bits per heavy atom. The summed E-state index contributed by atoms with van der Waals surface area (Å²) in [5, 5.41) is 2.88. The Labute approximate surface area is 109 Å². The minimum absolute atomic E-state index is 0.0323. The summed E-state index contributed by atoms with van der Waals surface area (Å²) in [6.07, 6.45) is -3.23. The van der Waals surface area contributed by atoms with Crippen LogP contribution >= 0.6 is 0 Å². The molecule has 1 aromatic rings. The monoisotopic (exact) mass is 275 g/mol. The quantitative estimate of drug-likeness (QED) is 0.913. The van der Waals surface area contributed by atoms with E-state index in [-0.39, 0.29) is 11.9 Å². The lowest BCUT2D eigenvalue weighted by Gasteiger charge is -2.30. The minimum Gasteiger partial charge on any atom is -0.374 e. The second kappa shape index (κ2) is 5.75. The number of ether oxygens (including phenoxy) is 1. The van der Waals surface area contributed by atoms with E-state index in [1.165, 1.54) is 0 Å². The normalized spacial score (nSPS) is 21.4. The van der Waals surface area contributed by atoms with E-state index < -0.39 is 11.7 Å². The maximum absolute atomic E-state index is 12.5. The van der Waals surface area contributed by atoms with Gasteiger partial charge < -0.3 is 15.0 Å². The highest BCUT2D eigenvalue weighted by molar-refractivity contribution is 5.38. The molecule has 1 N–H and O–H groups in total. The van der Waals surface area contributed by atoms with Crippen LogP contribution in [0.3, 0.4) is 0 Å². The van der Waals surface area contributed by atoms with Gasteiger partial charge >= 0.3 is 6.18 Å². The van der Waals surface area contributed by atoms with Gasteiger partial charge in [0.2, 0.25) is 0 Å². The number of alkyl halides is 3. The largest absolute Gasteiger partial charge is 0.416 e. The van der Waals surface area contributed by atoms with Crippen LogP contribution in [0.25, 0.3) is 0 Å². The Morgan fingerprint density at radius 3 is 3.00 bits per heavy atom. The Morgan fingerprint density at radius 2 is 2.32 bits per heavy atom. The number of anilines is 1. The van der Waals surface area contributed by atoms with Gasteiger partial charge in [-0.2, -0.15) is 13.2 Å². The number of hydrogen-bond donors (Lipinski definition) is 1. The fourth-order valence-electron chi connectivity index (χ4n) is 1.91. The molecule has 0 radical (unpaired) electrons. The zero-order valence-electron chi connectivity index (χ0n) is 10.6. The van der Waals surface area contributed by atoms with Gasteiger partial charge in [-0.1, -0.05) is 0 Å². The Bertz CT molecular complexity index is 425. The molecule has 4 nitrogen and oxygen atoms in total. The Hall–Kier alpha value is -1.34. The predicted molar refractivity (Wildman–Crippen MR) is 65.0 cm³/mol. The van der Waals surface area contributed by atoms with E-state index in [0.29, 0.717) is 13.2 Å². The van der Waals surface area contributed by atoms with Crippen LogP contribution in [0.4, 0.5) is 19.0 Å². The number of hydrogen-bond acceptors (Lipinski definition) is 4. The lowest BCUT2D eigenvalue weighted by molar-refractivity contribution is -0.137. The van der Waals surface area contributed by atoms with Crippen LogP contribution in [0.2, 0.25) is 0 Å². The van der Waals surface area contributed by atoms with Gasteiger partial charge in [0.1, 0.15) is 5.82 Å². The number of morpholine rings is 1. The molecule has 0 aliphatic carbocycles. The van der Waals surface area contributed by atoms with E-state index in [1.54, 1.807) is 0 Å². The molecule has 1 aromatic heterocycles. The molecule has 7 heteroatoms. The lowest BCUT2D eigenvalue weighted by atomic mass is 10.2. The minimum atomic E-state index is -4.35. The zero-order valence-corrected chi connectivity index (χ0v) is 10.6. The predicted octanol–water partition coefficient (Wildman–Crippen LogP) is 1.84. The van der Waals surface area contributed by atoms with Gasteiger partial charge in [-0.15, -0.1) is 0 Å². The van der Waals surface area contributed by atoms with Crippen LogP contribution in [0.1, 0.15) is 5.56 Å². The van der Waals surface area contributed by atoms with Gasteiger partial charge in [0.15, 0.2) is 0 Å². The van der Waals surface area contributed by atoms with Gasteiger partial charge in [-0.25, -0.2) is 4.98 Å². The molecule has 1 fully saturated rings. The number of nitrogens with one attached hydrogen (secondary N) is 1. The number of pyridine rings is 1. The molecular weight excluding hydrogens is 259 g/mol. The average molecular weight is 275 g/mol. The summed E-state index contributed by atoms with van der Waals surface area (Å²) in [6.45, 7) is 2.71. The molecule has 106 valence electrons. The summed E-state index contributed by atoms with van der Waals surface area (Å²) in [5.41, 5.74) is -0.702. The highest BCUT2D eigenvalue weighted by Gasteiger charge is 2.30. The third kappa shape index (κ3) is 4.07. The summed E-state index contributed by atoms with van der Waals surface area (Å²) in [6, 6.07) is 1.96. The van der Waals surface area contributed by atoms with Crippen LogP contribution in [0.5, 0.6) is 0 Å². The van der Waals surface area contributed by atoms with Crippen LogP contribution < -0.4 is 5.32 Å². The first-order chi connectivity index (χ1) is 8.95. The number of nitrogens with zero attached hydrogens (tertiary/aromatic N) is 2. The molecule has 2 heterocycles. The second-order valence-electron chi connectivity index (χ2n) is 4.56. The summed E-state index contributed by atoms with van der Waals surface area (Å²) < 4.78 is 43.1. The highest BCUT2D eigenvalue weighted by Crippen LogP contribution is 2.29. The molecule has 1 aliphatic rings. The lowest BCUT2D eigenvalue weighted by Crippen LogP contribution is -2.43. The van der Waals surface area contributed by atoms with E-state index in [1.807, 2.05) is 7.05 Å². The number of halogens is 3. The molecule has 2 rings (SSSR count). The van der Waals surface area contributed by atoms with Crippen LogP contribution in [0, 0.1) is 0 Å². The summed E-state index contributed by atoms with van der Waals surface area (Å²) in [7, 11) is 1.98. The van der Waals surface area contributed by atoms with Gasteiger partial charge in [-0.05, 0) is 19.2 Å². The summed E-state index contributed by atoms with van der Waals surface area (Å²) >= 11 is 0. The Kier molecular flexibility index (Phi) is 4.26. The van der Waals surface area contributed by atoms with Gasteiger partial charge in [0.25, 0.3) is 0 Å². The number of aromatic nitrogens is 1. The molecule has 0 bridgehead atoms. The van der Waals surface area contributed by atoms with E-state index >= 15 is 0 Å². The van der Waals surface area contributed by atoms with E-state index in [2.05, 4.69) is 15.2 Å². The maximum atomic E-state index is 12.5. The first kappa shape index (κ1) is 14.1. The molecule has 1 aliphatic heterocycles. The van der Waals surface area contributed by atoms with E-state index in [0.717, 1.165) is 31.4 Å². The van der Waals surface area contributed by atoms with Crippen LogP contribution in [0.15, 0.2) is 18.3 Å². The maximum Gasteiger partial charge on any atom is 0.416 e. The van der Waals surface area contributed by atoms with Crippen molar-refractivity contribution >= 4 is 5.82 Å². The van der Waals surface area contributed by atoms with Crippen molar-refractivity contribution < 1.29 is 17.9 Å². The molecule has 0 spiro atoms. The second-order valence-corrected chi connectivity index (χ2v) is 4.56. The summed E-state index contributed by atoms with van der Waals surface area (Å²) in [4.78, 5) is 6.00.